The molecule has 0 atom stereocenters. The lowest BCUT2D eigenvalue weighted by molar-refractivity contribution is -0.137. The van der Waals surface area contributed by atoms with Crippen LogP contribution in [0.5, 0.6) is 0 Å². The molecule has 0 aliphatic carbocycles. The van der Waals surface area contributed by atoms with E-state index in [9.17, 15) is 13.2 Å². The molecule has 0 radical (unpaired) electrons. The van der Waals surface area contributed by atoms with Crippen molar-refractivity contribution >= 4 is 10.9 Å². The fourth-order valence-corrected chi connectivity index (χ4v) is 2.47. The molecule has 0 saturated carbocycles. The molecule has 0 unspecified atom stereocenters. The lowest BCUT2D eigenvalue weighted by Crippen LogP contribution is -2.32. The standard InChI is InChI=1S/C15H19F3N2/c1-9(2)20-12-6-5-11(15(16,17)18)7-10(12)8-13(20)14(3,4)19/h5-9H,19H2,1-4H3. The summed E-state index contributed by atoms with van der Waals surface area (Å²) in [4.78, 5) is 0. The van der Waals surface area contributed by atoms with E-state index in [1.54, 1.807) is 6.07 Å². The Morgan fingerprint density at radius 2 is 1.70 bits per heavy atom. The molecule has 0 amide bonds. The first-order valence-corrected chi connectivity index (χ1v) is 6.53. The van der Waals surface area contributed by atoms with Crippen LogP contribution < -0.4 is 5.73 Å². The van der Waals surface area contributed by atoms with Crippen LogP contribution in [0, 0.1) is 0 Å². The number of halogens is 3. The molecule has 0 fully saturated rings. The van der Waals surface area contributed by atoms with Gasteiger partial charge in [0.15, 0.2) is 0 Å². The van der Waals surface area contributed by atoms with Crippen LogP contribution in [0.3, 0.4) is 0 Å². The summed E-state index contributed by atoms with van der Waals surface area (Å²) < 4.78 is 40.3. The van der Waals surface area contributed by atoms with Crippen LogP contribution in [0.15, 0.2) is 24.3 Å². The first kappa shape index (κ1) is 14.9. The van der Waals surface area contributed by atoms with Crippen molar-refractivity contribution in [3.63, 3.8) is 0 Å². The highest BCUT2D eigenvalue weighted by molar-refractivity contribution is 5.82. The first-order valence-electron chi connectivity index (χ1n) is 6.53. The maximum absolute atomic E-state index is 12.8. The van der Waals surface area contributed by atoms with Crippen molar-refractivity contribution in [1.82, 2.24) is 4.57 Å². The molecule has 0 bridgehead atoms. The molecule has 110 valence electrons. The van der Waals surface area contributed by atoms with Gasteiger partial charge in [-0.3, -0.25) is 0 Å². The maximum Gasteiger partial charge on any atom is 0.416 e. The minimum Gasteiger partial charge on any atom is -0.340 e. The number of benzene rings is 1. The Balaban J connectivity index is 2.74. The zero-order chi connectivity index (χ0) is 15.3. The molecule has 0 spiro atoms. The van der Waals surface area contributed by atoms with E-state index in [0.29, 0.717) is 5.39 Å². The predicted molar refractivity (Wildman–Crippen MR) is 74.5 cm³/mol. The average molecular weight is 284 g/mol. The van der Waals surface area contributed by atoms with E-state index < -0.39 is 17.3 Å². The van der Waals surface area contributed by atoms with E-state index in [1.807, 2.05) is 32.3 Å². The normalized spacial score (nSPS) is 13.4. The quantitative estimate of drug-likeness (QED) is 0.868. The van der Waals surface area contributed by atoms with Gasteiger partial charge in [-0.05, 0) is 52.0 Å². The summed E-state index contributed by atoms with van der Waals surface area (Å²) in [5.41, 5.74) is 6.51. The van der Waals surface area contributed by atoms with Gasteiger partial charge in [-0.25, -0.2) is 0 Å². The van der Waals surface area contributed by atoms with E-state index in [4.69, 9.17) is 5.73 Å². The van der Waals surface area contributed by atoms with Crippen molar-refractivity contribution < 1.29 is 13.2 Å². The third-order valence-electron chi connectivity index (χ3n) is 3.34. The van der Waals surface area contributed by atoms with Gasteiger partial charge >= 0.3 is 6.18 Å². The molecule has 2 rings (SSSR count). The Bertz CT molecular complexity index is 631. The van der Waals surface area contributed by atoms with Gasteiger partial charge < -0.3 is 10.3 Å². The molecule has 1 heterocycles. The molecular weight excluding hydrogens is 265 g/mol. The van der Waals surface area contributed by atoms with Gasteiger partial charge in [0.1, 0.15) is 0 Å². The van der Waals surface area contributed by atoms with Crippen LogP contribution >= 0.6 is 0 Å². The third kappa shape index (κ3) is 2.54. The van der Waals surface area contributed by atoms with Gasteiger partial charge in [-0.15, -0.1) is 0 Å². The lowest BCUT2D eigenvalue weighted by Gasteiger charge is -2.24. The number of nitrogens with two attached hydrogens (primary N) is 1. The zero-order valence-electron chi connectivity index (χ0n) is 12.0. The van der Waals surface area contributed by atoms with Gasteiger partial charge in [-0.1, -0.05) is 0 Å². The third-order valence-corrected chi connectivity index (χ3v) is 3.34. The summed E-state index contributed by atoms with van der Waals surface area (Å²) in [7, 11) is 0. The number of rotatable bonds is 2. The number of hydrogen-bond acceptors (Lipinski definition) is 1. The number of aromatic nitrogens is 1. The van der Waals surface area contributed by atoms with Crippen LogP contribution in [0.25, 0.3) is 10.9 Å². The van der Waals surface area contributed by atoms with Crippen LogP contribution in [0.4, 0.5) is 13.2 Å². The van der Waals surface area contributed by atoms with E-state index in [1.165, 1.54) is 12.1 Å². The van der Waals surface area contributed by atoms with E-state index in [0.717, 1.165) is 17.3 Å². The summed E-state index contributed by atoms with van der Waals surface area (Å²) in [6, 6.07) is 5.71. The summed E-state index contributed by atoms with van der Waals surface area (Å²) in [6.45, 7) is 7.69. The monoisotopic (exact) mass is 284 g/mol. The number of nitrogens with zero attached hydrogens (tertiary/aromatic N) is 1. The van der Waals surface area contributed by atoms with Crippen LogP contribution in [0.1, 0.15) is 45.0 Å². The van der Waals surface area contributed by atoms with E-state index in [-0.39, 0.29) is 6.04 Å². The van der Waals surface area contributed by atoms with Crippen LogP contribution in [-0.4, -0.2) is 4.57 Å². The lowest BCUT2D eigenvalue weighted by atomic mass is 10.0. The molecular formula is C15H19F3N2. The molecule has 0 aliphatic heterocycles. The highest BCUT2D eigenvalue weighted by atomic mass is 19.4. The van der Waals surface area contributed by atoms with Gasteiger partial charge in [0.05, 0.1) is 11.1 Å². The number of hydrogen-bond donors (Lipinski definition) is 1. The minimum atomic E-state index is -4.33. The van der Waals surface area contributed by atoms with Crippen molar-refractivity contribution in [2.24, 2.45) is 5.73 Å². The van der Waals surface area contributed by atoms with Crippen molar-refractivity contribution in [3.05, 3.63) is 35.5 Å². The molecule has 20 heavy (non-hydrogen) atoms. The number of fused-ring (bicyclic) bond motifs is 1. The summed E-state index contributed by atoms with van der Waals surface area (Å²) in [5.74, 6) is 0. The highest BCUT2D eigenvalue weighted by Crippen LogP contribution is 2.35. The summed E-state index contributed by atoms with van der Waals surface area (Å²) in [6.07, 6.45) is -4.33. The molecule has 2 nitrogen and oxygen atoms in total. The SMILES string of the molecule is CC(C)n1c(C(C)(C)N)cc2cc(C(F)(F)F)ccc21. The second-order valence-corrected chi connectivity index (χ2v) is 5.99. The first-order chi connectivity index (χ1) is 9.01. The van der Waals surface area contributed by atoms with Gasteiger partial charge in [0.25, 0.3) is 0 Å². The molecule has 0 saturated heterocycles. The summed E-state index contributed by atoms with van der Waals surface area (Å²) in [5, 5.41) is 0.571. The average Bonchev–Trinajstić information content (AvgIpc) is 2.65. The van der Waals surface area contributed by atoms with E-state index in [2.05, 4.69) is 0 Å². The van der Waals surface area contributed by atoms with Crippen molar-refractivity contribution in [2.75, 3.05) is 0 Å². The van der Waals surface area contributed by atoms with Crippen molar-refractivity contribution in [2.45, 2.75) is 45.5 Å². The molecule has 1 aromatic heterocycles. The summed E-state index contributed by atoms with van der Waals surface area (Å²) >= 11 is 0. The highest BCUT2D eigenvalue weighted by Gasteiger charge is 2.31. The molecule has 2 aromatic rings. The Morgan fingerprint density at radius 3 is 2.15 bits per heavy atom. The Kier molecular flexibility index (Phi) is 3.37. The van der Waals surface area contributed by atoms with Gasteiger partial charge in [-0.2, -0.15) is 13.2 Å². The second-order valence-electron chi connectivity index (χ2n) is 5.99. The Labute approximate surface area is 116 Å². The number of alkyl halides is 3. The molecule has 2 N–H and O–H groups in total. The molecule has 5 heteroatoms. The predicted octanol–water partition coefficient (Wildman–Crippen LogP) is 4.43. The zero-order valence-corrected chi connectivity index (χ0v) is 12.0. The maximum atomic E-state index is 12.8. The minimum absolute atomic E-state index is 0.127. The van der Waals surface area contributed by atoms with Crippen molar-refractivity contribution in [3.8, 4) is 0 Å². The van der Waals surface area contributed by atoms with Crippen LogP contribution in [-0.2, 0) is 11.7 Å². The van der Waals surface area contributed by atoms with Gasteiger partial charge in [0, 0.05) is 22.6 Å². The fraction of sp³-hybridized carbons (Fsp3) is 0.467. The molecule has 0 aliphatic rings. The Morgan fingerprint density at radius 1 is 1.10 bits per heavy atom. The smallest absolute Gasteiger partial charge is 0.340 e. The molecule has 1 aromatic carbocycles. The largest absolute Gasteiger partial charge is 0.416 e. The van der Waals surface area contributed by atoms with E-state index >= 15 is 0 Å². The fourth-order valence-electron chi connectivity index (χ4n) is 2.47. The topological polar surface area (TPSA) is 30.9 Å². The van der Waals surface area contributed by atoms with Crippen molar-refractivity contribution in [1.29, 1.82) is 0 Å². The van der Waals surface area contributed by atoms with Crippen LogP contribution in [0.2, 0.25) is 0 Å². The Hall–Kier alpha value is -1.49. The second kappa shape index (κ2) is 4.52. The van der Waals surface area contributed by atoms with Gasteiger partial charge in [0.2, 0.25) is 0 Å².